The van der Waals surface area contributed by atoms with Gasteiger partial charge in [0, 0.05) is 5.56 Å². The average Bonchev–Trinajstić information content (AvgIpc) is 3.01. The van der Waals surface area contributed by atoms with Crippen molar-refractivity contribution in [2.45, 2.75) is 6.10 Å². The van der Waals surface area contributed by atoms with Gasteiger partial charge in [0.05, 0.1) is 25.4 Å². The Morgan fingerprint density at radius 3 is 2.56 bits per heavy atom. The third kappa shape index (κ3) is 3.72. The summed E-state index contributed by atoms with van der Waals surface area (Å²) in [5, 5.41) is 17.8. The van der Waals surface area contributed by atoms with Gasteiger partial charge < -0.3 is 19.7 Å². The van der Waals surface area contributed by atoms with Gasteiger partial charge in [-0.1, -0.05) is 12.1 Å². The van der Waals surface area contributed by atoms with Gasteiger partial charge in [-0.2, -0.15) is 0 Å². The Kier molecular flexibility index (Phi) is 5.16. The van der Waals surface area contributed by atoms with E-state index in [4.69, 9.17) is 19.7 Å². The Morgan fingerprint density at radius 2 is 1.96 bits per heavy atom. The second-order valence-electron chi connectivity index (χ2n) is 5.56. The van der Waals surface area contributed by atoms with Gasteiger partial charge in [0.2, 0.25) is 0 Å². The van der Waals surface area contributed by atoms with E-state index < -0.39 is 18.0 Å². The van der Waals surface area contributed by atoms with Crippen LogP contribution in [0.3, 0.4) is 0 Å². The molecule has 7 heteroatoms. The first-order valence-corrected chi connectivity index (χ1v) is 7.85. The third-order valence-corrected chi connectivity index (χ3v) is 3.87. The molecule has 0 aromatic heterocycles. The van der Waals surface area contributed by atoms with Crippen molar-refractivity contribution in [3.8, 4) is 16.9 Å². The number of ether oxygens (including phenoxy) is 2. The van der Waals surface area contributed by atoms with Gasteiger partial charge in [-0.3, -0.25) is 4.90 Å². The highest BCUT2D eigenvalue weighted by atomic mass is 19.1. The highest BCUT2D eigenvalue weighted by molar-refractivity contribution is 5.90. The van der Waals surface area contributed by atoms with Crippen LogP contribution < -0.4 is 9.64 Å². The summed E-state index contributed by atoms with van der Waals surface area (Å²) >= 11 is 0. The number of aliphatic hydroxyl groups is 2. The van der Waals surface area contributed by atoms with Gasteiger partial charge in [0.1, 0.15) is 24.3 Å². The van der Waals surface area contributed by atoms with Crippen LogP contribution in [0.1, 0.15) is 0 Å². The van der Waals surface area contributed by atoms with Gasteiger partial charge in [-0.25, -0.2) is 9.18 Å². The van der Waals surface area contributed by atoms with Crippen molar-refractivity contribution in [3.05, 3.63) is 48.3 Å². The summed E-state index contributed by atoms with van der Waals surface area (Å²) in [5.41, 5.74) is 1.44. The van der Waals surface area contributed by atoms with Crippen LogP contribution >= 0.6 is 0 Å². The van der Waals surface area contributed by atoms with Crippen LogP contribution in [0.25, 0.3) is 11.1 Å². The molecular formula is C18H18FNO5. The van der Waals surface area contributed by atoms with E-state index in [0.717, 1.165) is 0 Å². The molecule has 6 nitrogen and oxygen atoms in total. The molecule has 2 N–H and O–H groups in total. The van der Waals surface area contributed by atoms with Crippen molar-refractivity contribution in [2.24, 2.45) is 0 Å². The van der Waals surface area contributed by atoms with Crippen molar-refractivity contribution in [1.29, 1.82) is 0 Å². The minimum atomic E-state index is -0.600. The fourth-order valence-corrected chi connectivity index (χ4v) is 2.63. The quantitative estimate of drug-likeness (QED) is 0.837. The monoisotopic (exact) mass is 347 g/mol. The van der Waals surface area contributed by atoms with Crippen LogP contribution in [0.2, 0.25) is 0 Å². The fraction of sp³-hybridized carbons (Fsp3) is 0.278. The van der Waals surface area contributed by atoms with E-state index in [1.807, 2.05) is 0 Å². The number of halogens is 1. The second-order valence-corrected chi connectivity index (χ2v) is 5.56. The zero-order valence-corrected chi connectivity index (χ0v) is 13.4. The normalized spacial score (nSPS) is 16.8. The van der Waals surface area contributed by atoms with E-state index >= 15 is 0 Å². The number of rotatable bonds is 6. The lowest BCUT2D eigenvalue weighted by Gasteiger charge is -2.14. The van der Waals surface area contributed by atoms with Crippen LogP contribution in [0.15, 0.2) is 42.5 Å². The molecule has 25 heavy (non-hydrogen) atoms. The summed E-state index contributed by atoms with van der Waals surface area (Å²) in [4.78, 5) is 13.1. The summed E-state index contributed by atoms with van der Waals surface area (Å²) in [6.45, 7) is 0.0373. The van der Waals surface area contributed by atoms with Crippen LogP contribution in [-0.2, 0) is 4.74 Å². The summed E-state index contributed by atoms with van der Waals surface area (Å²) in [6, 6.07) is 11.3. The van der Waals surface area contributed by atoms with E-state index in [0.29, 0.717) is 22.6 Å². The Morgan fingerprint density at radius 1 is 1.20 bits per heavy atom. The molecule has 0 unspecified atom stereocenters. The van der Waals surface area contributed by atoms with Gasteiger partial charge in [0.15, 0.2) is 0 Å². The Hall–Kier alpha value is -2.64. The minimum Gasteiger partial charge on any atom is -0.491 e. The largest absolute Gasteiger partial charge is 0.491 e. The number of cyclic esters (lactones) is 1. The van der Waals surface area contributed by atoms with E-state index in [1.165, 1.54) is 11.0 Å². The van der Waals surface area contributed by atoms with Gasteiger partial charge in [-0.05, 0) is 35.9 Å². The molecule has 0 aliphatic carbocycles. The predicted octanol–water partition coefficient (Wildman–Crippen LogP) is 2.18. The first-order valence-electron chi connectivity index (χ1n) is 7.85. The van der Waals surface area contributed by atoms with Crippen LogP contribution in [0, 0.1) is 5.82 Å². The zero-order chi connectivity index (χ0) is 17.8. The molecule has 1 fully saturated rings. The van der Waals surface area contributed by atoms with Gasteiger partial charge >= 0.3 is 6.09 Å². The number of nitrogens with zero attached hydrogens (tertiary/aromatic N) is 1. The topological polar surface area (TPSA) is 79.2 Å². The van der Waals surface area contributed by atoms with Crippen LogP contribution in [0.4, 0.5) is 14.9 Å². The standard InChI is InChI=1S/C18H18FNO5/c19-17-9-13(20-10-15(11-22)25-18(20)23)3-6-16(17)12-1-4-14(5-2-12)24-8-7-21/h1-6,9,15,21-22H,7-8,10-11H2/t15-/m1/s1. The molecule has 1 aliphatic heterocycles. The second kappa shape index (κ2) is 7.50. The van der Waals surface area contributed by atoms with Crippen molar-refractivity contribution >= 4 is 11.8 Å². The molecule has 2 aromatic carbocycles. The summed E-state index contributed by atoms with van der Waals surface area (Å²) in [6.07, 6.45) is -1.20. The fourth-order valence-electron chi connectivity index (χ4n) is 2.63. The maximum absolute atomic E-state index is 14.5. The van der Waals surface area contributed by atoms with E-state index in [2.05, 4.69) is 0 Å². The number of amides is 1. The molecule has 3 rings (SSSR count). The molecular weight excluding hydrogens is 329 g/mol. The first kappa shape index (κ1) is 17.2. The van der Waals surface area contributed by atoms with E-state index in [-0.39, 0.29) is 26.4 Å². The number of aliphatic hydroxyl groups excluding tert-OH is 2. The van der Waals surface area contributed by atoms with Crippen molar-refractivity contribution in [3.63, 3.8) is 0 Å². The van der Waals surface area contributed by atoms with Crippen LogP contribution in [0.5, 0.6) is 5.75 Å². The number of carbonyl (C=O) groups excluding carboxylic acids is 1. The lowest BCUT2D eigenvalue weighted by Crippen LogP contribution is -2.25. The summed E-state index contributed by atoms with van der Waals surface area (Å²) < 4.78 is 24.7. The van der Waals surface area contributed by atoms with E-state index in [9.17, 15) is 9.18 Å². The van der Waals surface area contributed by atoms with Crippen molar-refractivity contribution in [2.75, 3.05) is 31.3 Å². The van der Waals surface area contributed by atoms with Gasteiger partial charge in [-0.15, -0.1) is 0 Å². The number of carbonyl (C=O) groups is 1. The van der Waals surface area contributed by atoms with E-state index in [1.54, 1.807) is 36.4 Å². The molecule has 1 heterocycles. The molecule has 0 spiro atoms. The molecule has 132 valence electrons. The summed E-state index contributed by atoms with van der Waals surface area (Å²) in [7, 11) is 0. The lowest BCUT2D eigenvalue weighted by atomic mass is 10.0. The number of benzene rings is 2. The van der Waals surface area contributed by atoms with Crippen molar-refractivity contribution in [1.82, 2.24) is 0 Å². The summed E-state index contributed by atoms with van der Waals surface area (Å²) in [5.74, 6) is 0.117. The smallest absolute Gasteiger partial charge is 0.414 e. The molecule has 0 radical (unpaired) electrons. The SMILES string of the molecule is O=C1O[C@@H](CO)CN1c1ccc(-c2ccc(OCCO)cc2)c(F)c1. The Labute approximate surface area is 144 Å². The number of hydrogen-bond donors (Lipinski definition) is 2. The highest BCUT2D eigenvalue weighted by Gasteiger charge is 2.32. The van der Waals surface area contributed by atoms with Crippen LogP contribution in [-0.4, -0.2) is 48.8 Å². The molecule has 1 atom stereocenters. The number of hydrogen-bond acceptors (Lipinski definition) is 5. The zero-order valence-electron chi connectivity index (χ0n) is 13.4. The molecule has 2 aromatic rings. The number of anilines is 1. The molecule has 0 saturated carbocycles. The average molecular weight is 347 g/mol. The first-order chi connectivity index (χ1) is 12.1. The van der Waals surface area contributed by atoms with Gasteiger partial charge in [0.25, 0.3) is 0 Å². The lowest BCUT2D eigenvalue weighted by molar-refractivity contribution is 0.0963. The molecule has 1 amide bonds. The molecule has 1 aliphatic rings. The van der Waals surface area contributed by atoms with Crippen molar-refractivity contribution < 1.29 is 28.9 Å². The Bertz CT molecular complexity index is 750. The predicted molar refractivity (Wildman–Crippen MR) is 89.1 cm³/mol. The maximum Gasteiger partial charge on any atom is 0.414 e. The minimum absolute atomic E-state index is 0.0755. The Balaban J connectivity index is 1.79. The maximum atomic E-state index is 14.5. The highest BCUT2D eigenvalue weighted by Crippen LogP contribution is 2.30. The third-order valence-electron chi connectivity index (χ3n) is 3.87. The molecule has 0 bridgehead atoms. The molecule has 1 saturated heterocycles.